The van der Waals surface area contributed by atoms with E-state index in [0.29, 0.717) is 11.9 Å². The average Bonchev–Trinajstić information content (AvgIpc) is 2.66. The molecule has 3 N–H and O–H groups in total. The van der Waals surface area contributed by atoms with Crippen molar-refractivity contribution < 1.29 is 0 Å². The van der Waals surface area contributed by atoms with Crippen molar-refractivity contribution in [1.29, 1.82) is 0 Å². The summed E-state index contributed by atoms with van der Waals surface area (Å²) in [4.78, 5) is 8.45. The van der Waals surface area contributed by atoms with Gasteiger partial charge in [-0.1, -0.05) is 41.0 Å². The van der Waals surface area contributed by atoms with Gasteiger partial charge in [0.15, 0.2) is 0 Å². The van der Waals surface area contributed by atoms with E-state index < -0.39 is 0 Å². The third-order valence-corrected chi connectivity index (χ3v) is 4.78. The molecule has 1 aromatic heterocycles. The molecule has 1 saturated carbocycles. The maximum atomic E-state index is 5.95. The van der Waals surface area contributed by atoms with Gasteiger partial charge in [-0.15, -0.1) is 0 Å². The molecule has 4 heteroatoms. The number of nitrogens with zero attached hydrogens (tertiary/aromatic N) is 2. The van der Waals surface area contributed by atoms with Crippen LogP contribution >= 0.6 is 0 Å². The number of nitrogens with two attached hydrogens (primary N) is 1. The first-order chi connectivity index (χ1) is 8.32. The molecule has 2 rings (SSSR count). The van der Waals surface area contributed by atoms with Crippen molar-refractivity contribution in [2.45, 2.75) is 53.5 Å². The Balaban J connectivity index is 2.23. The Hall–Kier alpha value is -1.32. The van der Waals surface area contributed by atoms with E-state index in [1.807, 2.05) is 0 Å². The molecule has 0 saturated heterocycles. The summed E-state index contributed by atoms with van der Waals surface area (Å²) in [6, 6.07) is 0.440. The Morgan fingerprint density at radius 1 is 1.22 bits per heavy atom. The standard InChI is InChI=1S/C14H24N4/c1-6-7-9-10(15)16-8-17-11(9)18-12-13(2,3)14(12,4)5/h8,12H,6-7H2,1-5H3,(H3,15,16,17,18). The van der Waals surface area contributed by atoms with E-state index in [1.54, 1.807) is 6.33 Å². The van der Waals surface area contributed by atoms with Gasteiger partial charge in [-0.05, 0) is 17.3 Å². The molecule has 0 unspecified atom stereocenters. The van der Waals surface area contributed by atoms with Crippen molar-refractivity contribution in [1.82, 2.24) is 9.97 Å². The zero-order valence-electron chi connectivity index (χ0n) is 12.0. The van der Waals surface area contributed by atoms with Gasteiger partial charge in [0, 0.05) is 11.6 Å². The molecular weight excluding hydrogens is 224 g/mol. The smallest absolute Gasteiger partial charge is 0.134 e. The lowest BCUT2D eigenvalue weighted by atomic mass is 10.0. The monoisotopic (exact) mass is 248 g/mol. The molecule has 100 valence electrons. The van der Waals surface area contributed by atoms with Gasteiger partial charge in [0.25, 0.3) is 0 Å². The van der Waals surface area contributed by atoms with Crippen LogP contribution in [0.25, 0.3) is 0 Å². The highest BCUT2D eigenvalue weighted by Gasteiger charge is 2.65. The lowest BCUT2D eigenvalue weighted by molar-refractivity contribution is 0.457. The molecule has 0 radical (unpaired) electrons. The van der Waals surface area contributed by atoms with Crippen molar-refractivity contribution >= 4 is 11.6 Å². The van der Waals surface area contributed by atoms with Crippen LogP contribution in [0.2, 0.25) is 0 Å². The summed E-state index contributed by atoms with van der Waals surface area (Å²) < 4.78 is 0. The largest absolute Gasteiger partial charge is 0.383 e. The Kier molecular flexibility index (Phi) is 2.99. The predicted octanol–water partition coefficient (Wildman–Crippen LogP) is 2.86. The van der Waals surface area contributed by atoms with Crippen LogP contribution < -0.4 is 11.1 Å². The Bertz CT molecular complexity index is 437. The minimum atomic E-state index is 0.288. The van der Waals surface area contributed by atoms with E-state index in [2.05, 4.69) is 49.9 Å². The van der Waals surface area contributed by atoms with Gasteiger partial charge in [-0.2, -0.15) is 0 Å². The molecule has 0 bridgehead atoms. The van der Waals surface area contributed by atoms with Crippen LogP contribution in [0.4, 0.5) is 11.6 Å². The van der Waals surface area contributed by atoms with Crippen molar-refractivity contribution in [3.05, 3.63) is 11.9 Å². The molecule has 1 heterocycles. The molecular formula is C14H24N4. The summed E-state index contributed by atoms with van der Waals surface area (Å²) in [6.45, 7) is 11.3. The lowest BCUT2D eigenvalue weighted by Crippen LogP contribution is -2.14. The zero-order valence-corrected chi connectivity index (χ0v) is 12.0. The molecule has 1 aliphatic rings. The summed E-state index contributed by atoms with van der Waals surface area (Å²) >= 11 is 0. The Morgan fingerprint density at radius 3 is 2.33 bits per heavy atom. The molecule has 18 heavy (non-hydrogen) atoms. The first kappa shape index (κ1) is 13.1. The van der Waals surface area contributed by atoms with Gasteiger partial charge < -0.3 is 11.1 Å². The fourth-order valence-corrected chi connectivity index (χ4v) is 2.74. The van der Waals surface area contributed by atoms with Crippen molar-refractivity contribution in [2.24, 2.45) is 10.8 Å². The van der Waals surface area contributed by atoms with Gasteiger partial charge in [0.05, 0.1) is 0 Å². The number of aromatic nitrogens is 2. The summed E-state index contributed by atoms with van der Waals surface area (Å²) in [7, 11) is 0. The average molecular weight is 248 g/mol. The quantitative estimate of drug-likeness (QED) is 0.860. The fraction of sp³-hybridized carbons (Fsp3) is 0.714. The number of rotatable bonds is 4. The second-order valence-electron chi connectivity index (χ2n) is 6.36. The molecule has 0 aliphatic heterocycles. The van der Waals surface area contributed by atoms with Crippen LogP contribution in [0, 0.1) is 10.8 Å². The lowest BCUT2D eigenvalue weighted by Gasteiger charge is -2.13. The highest BCUT2D eigenvalue weighted by Crippen LogP contribution is 2.63. The van der Waals surface area contributed by atoms with Crippen molar-refractivity contribution in [3.8, 4) is 0 Å². The van der Waals surface area contributed by atoms with Gasteiger partial charge >= 0.3 is 0 Å². The molecule has 0 spiro atoms. The SMILES string of the molecule is CCCc1c(N)ncnc1NC1C(C)(C)C1(C)C. The molecule has 1 fully saturated rings. The van der Waals surface area contributed by atoms with Crippen molar-refractivity contribution in [2.75, 3.05) is 11.1 Å². The molecule has 0 atom stereocenters. The predicted molar refractivity (Wildman–Crippen MR) is 75.4 cm³/mol. The first-order valence-electron chi connectivity index (χ1n) is 6.68. The minimum Gasteiger partial charge on any atom is -0.383 e. The minimum absolute atomic E-state index is 0.288. The van der Waals surface area contributed by atoms with Crippen LogP contribution in [0.15, 0.2) is 6.33 Å². The molecule has 1 aromatic rings. The van der Waals surface area contributed by atoms with Crippen LogP contribution in [0.5, 0.6) is 0 Å². The Labute approximate surface area is 109 Å². The summed E-state index contributed by atoms with van der Waals surface area (Å²) in [5.41, 5.74) is 7.58. The highest BCUT2D eigenvalue weighted by atomic mass is 15.1. The van der Waals surface area contributed by atoms with E-state index in [4.69, 9.17) is 5.73 Å². The normalized spacial score (nSPS) is 20.7. The maximum Gasteiger partial charge on any atom is 0.134 e. The van der Waals surface area contributed by atoms with E-state index in [1.165, 1.54) is 0 Å². The third-order valence-electron chi connectivity index (χ3n) is 4.78. The van der Waals surface area contributed by atoms with Crippen LogP contribution in [-0.2, 0) is 6.42 Å². The Morgan fingerprint density at radius 2 is 1.83 bits per heavy atom. The number of nitrogens with one attached hydrogen (secondary N) is 1. The molecule has 0 amide bonds. The summed E-state index contributed by atoms with van der Waals surface area (Å²) in [5.74, 6) is 1.51. The second-order valence-corrected chi connectivity index (χ2v) is 6.36. The van der Waals surface area contributed by atoms with Crippen LogP contribution in [0.1, 0.15) is 46.6 Å². The van der Waals surface area contributed by atoms with E-state index in [0.717, 1.165) is 24.2 Å². The zero-order chi connectivity index (χ0) is 13.6. The summed E-state index contributed by atoms with van der Waals surface area (Å²) in [5, 5.41) is 3.56. The van der Waals surface area contributed by atoms with E-state index >= 15 is 0 Å². The van der Waals surface area contributed by atoms with Gasteiger partial charge in [0.2, 0.25) is 0 Å². The van der Waals surface area contributed by atoms with Gasteiger partial charge in [-0.3, -0.25) is 0 Å². The molecule has 1 aliphatic carbocycles. The van der Waals surface area contributed by atoms with E-state index in [9.17, 15) is 0 Å². The van der Waals surface area contributed by atoms with Crippen LogP contribution in [0.3, 0.4) is 0 Å². The maximum absolute atomic E-state index is 5.95. The molecule has 0 aromatic carbocycles. The highest BCUT2D eigenvalue weighted by molar-refractivity contribution is 5.57. The second kappa shape index (κ2) is 4.11. The number of hydrogen-bond donors (Lipinski definition) is 2. The molecule has 4 nitrogen and oxygen atoms in total. The summed E-state index contributed by atoms with van der Waals surface area (Å²) in [6.07, 6.45) is 3.51. The van der Waals surface area contributed by atoms with Crippen molar-refractivity contribution in [3.63, 3.8) is 0 Å². The number of nitrogen functional groups attached to an aromatic ring is 1. The van der Waals surface area contributed by atoms with Gasteiger partial charge in [-0.25, -0.2) is 9.97 Å². The third kappa shape index (κ3) is 1.84. The van der Waals surface area contributed by atoms with E-state index in [-0.39, 0.29) is 10.8 Å². The number of hydrogen-bond acceptors (Lipinski definition) is 4. The topological polar surface area (TPSA) is 63.8 Å². The fourth-order valence-electron chi connectivity index (χ4n) is 2.74. The van der Waals surface area contributed by atoms with Gasteiger partial charge in [0.1, 0.15) is 18.0 Å². The number of anilines is 2. The first-order valence-corrected chi connectivity index (χ1v) is 6.68. The van der Waals surface area contributed by atoms with Crippen LogP contribution in [-0.4, -0.2) is 16.0 Å².